The van der Waals surface area contributed by atoms with E-state index in [9.17, 15) is 9.90 Å². The lowest BCUT2D eigenvalue weighted by Crippen LogP contribution is -2.39. The summed E-state index contributed by atoms with van der Waals surface area (Å²) in [6.07, 6.45) is 1.37. The van der Waals surface area contributed by atoms with Crippen molar-refractivity contribution in [2.45, 2.75) is 25.8 Å². The van der Waals surface area contributed by atoms with E-state index < -0.39 is 5.97 Å². The highest BCUT2D eigenvalue weighted by Crippen LogP contribution is 2.37. The summed E-state index contributed by atoms with van der Waals surface area (Å²) in [6, 6.07) is 16.8. The molecule has 1 saturated heterocycles. The molecule has 132 valence electrons. The van der Waals surface area contributed by atoms with Crippen molar-refractivity contribution in [3.63, 3.8) is 0 Å². The summed E-state index contributed by atoms with van der Waals surface area (Å²) in [7, 11) is 1.70. The number of carbonyl (C=O) groups is 1. The van der Waals surface area contributed by atoms with E-state index in [-0.39, 0.29) is 12.0 Å². The van der Waals surface area contributed by atoms with Crippen molar-refractivity contribution < 1.29 is 14.6 Å². The number of piperidine rings is 1. The molecular weight excluding hydrogens is 314 g/mol. The van der Waals surface area contributed by atoms with Crippen LogP contribution in [0.4, 0.5) is 0 Å². The second kappa shape index (κ2) is 7.70. The average molecular weight is 339 g/mol. The zero-order valence-corrected chi connectivity index (χ0v) is 14.8. The van der Waals surface area contributed by atoms with Crippen LogP contribution in [0.2, 0.25) is 0 Å². The molecule has 0 aromatic heterocycles. The van der Waals surface area contributed by atoms with Crippen molar-refractivity contribution in [2.24, 2.45) is 5.92 Å². The fraction of sp³-hybridized carbons (Fsp3) is 0.381. The van der Waals surface area contributed by atoms with Crippen LogP contribution in [-0.4, -0.2) is 36.2 Å². The summed E-state index contributed by atoms with van der Waals surface area (Å²) in [5.74, 6) is -0.0372. The van der Waals surface area contributed by atoms with E-state index in [4.69, 9.17) is 4.74 Å². The maximum absolute atomic E-state index is 11.3. The van der Waals surface area contributed by atoms with Crippen LogP contribution in [0.25, 0.3) is 0 Å². The van der Waals surface area contributed by atoms with E-state index in [0.29, 0.717) is 12.8 Å². The number of methoxy groups -OCH3 is 1. The summed E-state index contributed by atoms with van der Waals surface area (Å²) >= 11 is 0. The molecule has 3 rings (SSSR count). The third-order valence-corrected chi connectivity index (χ3v) is 5.07. The predicted molar refractivity (Wildman–Crippen MR) is 97.9 cm³/mol. The molecule has 1 fully saturated rings. The van der Waals surface area contributed by atoms with Gasteiger partial charge >= 0.3 is 5.97 Å². The number of para-hydroxylation sites is 1. The van der Waals surface area contributed by atoms with Gasteiger partial charge in [-0.3, -0.25) is 9.69 Å². The van der Waals surface area contributed by atoms with E-state index in [1.54, 1.807) is 7.11 Å². The predicted octanol–water partition coefficient (Wildman–Crippen LogP) is 3.89. The van der Waals surface area contributed by atoms with Gasteiger partial charge in [0, 0.05) is 5.56 Å². The number of aliphatic carboxylic acids is 1. The van der Waals surface area contributed by atoms with E-state index in [1.807, 2.05) is 18.2 Å². The first-order valence-corrected chi connectivity index (χ1v) is 8.76. The highest BCUT2D eigenvalue weighted by molar-refractivity contribution is 5.70. The molecule has 4 heteroatoms. The third-order valence-electron chi connectivity index (χ3n) is 5.07. The minimum atomic E-state index is -0.677. The lowest BCUT2D eigenvalue weighted by Gasteiger charge is -2.37. The van der Waals surface area contributed by atoms with E-state index in [2.05, 4.69) is 42.2 Å². The number of carboxylic acid groups (broad SMARTS) is 1. The van der Waals surface area contributed by atoms with Gasteiger partial charge in [-0.05, 0) is 44.5 Å². The lowest BCUT2D eigenvalue weighted by molar-refractivity contribution is -0.143. The van der Waals surface area contributed by atoms with Gasteiger partial charge in [-0.2, -0.15) is 0 Å². The normalized spacial score (nSPS) is 17.2. The van der Waals surface area contributed by atoms with Crippen molar-refractivity contribution in [1.29, 1.82) is 0 Å². The van der Waals surface area contributed by atoms with Crippen LogP contribution in [-0.2, 0) is 4.79 Å². The Labute approximate surface area is 149 Å². The monoisotopic (exact) mass is 339 g/mol. The van der Waals surface area contributed by atoms with Crippen molar-refractivity contribution in [3.05, 3.63) is 65.2 Å². The molecule has 1 unspecified atom stereocenters. The molecule has 0 radical (unpaired) electrons. The van der Waals surface area contributed by atoms with Gasteiger partial charge in [0.05, 0.1) is 19.1 Å². The van der Waals surface area contributed by atoms with Crippen molar-refractivity contribution in [2.75, 3.05) is 20.2 Å². The molecule has 0 bridgehead atoms. The second-order valence-corrected chi connectivity index (χ2v) is 6.70. The summed E-state index contributed by atoms with van der Waals surface area (Å²) in [5.41, 5.74) is 3.57. The molecule has 0 amide bonds. The number of nitrogens with zero attached hydrogens (tertiary/aromatic N) is 1. The maximum Gasteiger partial charge on any atom is 0.306 e. The fourth-order valence-electron chi connectivity index (χ4n) is 3.63. The molecule has 0 aliphatic carbocycles. The Hall–Kier alpha value is -2.33. The van der Waals surface area contributed by atoms with Crippen LogP contribution < -0.4 is 4.74 Å². The zero-order chi connectivity index (χ0) is 17.8. The molecule has 2 aromatic rings. The number of benzene rings is 2. The standard InChI is InChI=1S/C21H25NO3/c1-15-7-9-16(10-8-15)20(18-5-3-4-6-19(18)25-2)22-13-11-17(12-14-22)21(23)24/h3-10,17,20H,11-14H2,1-2H3,(H,23,24). The Morgan fingerprint density at radius 2 is 1.76 bits per heavy atom. The molecule has 0 saturated carbocycles. The summed E-state index contributed by atoms with van der Waals surface area (Å²) in [4.78, 5) is 13.6. The molecule has 1 aliphatic rings. The number of rotatable bonds is 5. The van der Waals surface area contributed by atoms with Crippen LogP contribution in [0.15, 0.2) is 48.5 Å². The smallest absolute Gasteiger partial charge is 0.306 e. The molecule has 1 aliphatic heterocycles. The average Bonchev–Trinajstić information content (AvgIpc) is 2.64. The van der Waals surface area contributed by atoms with Crippen molar-refractivity contribution in [3.8, 4) is 5.75 Å². The van der Waals surface area contributed by atoms with E-state index in [1.165, 1.54) is 11.1 Å². The Kier molecular flexibility index (Phi) is 5.39. The lowest BCUT2D eigenvalue weighted by atomic mass is 9.90. The van der Waals surface area contributed by atoms with Crippen LogP contribution in [0, 0.1) is 12.8 Å². The SMILES string of the molecule is COc1ccccc1C(c1ccc(C)cc1)N1CCC(C(=O)O)CC1. The Balaban J connectivity index is 1.95. The van der Waals surface area contributed by atoms with Gasteiger partial charge in [-0.15, -0.1) is 0 Å². The number of ether oxygens (including phenoxy) is 1. The van der Waals surface area contributed by atoms with Gasteiger partial charge in [0.25, 0.3) is 0 Å². The zero-order valence-electron chi connectivity index (χ0n) is 14.8. The van der Waals surface area contributed by atoms with Gasteiger partial charge in [0.2, 0.25) is 0 Å². The van der Waals surface area contributed by atoms with Gasteiger partial charge in [0.15, 0.2) is 0 Å². The Morgan fingerprint density at radius 3 is 2.36 bits per heavy atom. The molecule has 4 nitrogen and oxygen atoms in total. The molecule has 1 atom stereocenters. The number of hydrogen-bond donors (Lipinski definition) is 1. The highest BCUT2D eigenvalue weighted by atomic mass is 16.5. The Bertz CT molecular complexity index is 718. The quantitative estimate of drug-likeness (QED) is 0.898. The van der Waals surface area contributed by atoms with Crippen LogP contribution in [0.3, 0.4) is 0 Å². The topological polar surface area (TPSA) is 49.8 Å². The number of carboxylic acids is 1. The highest BCUT2D eigenvalue weighted by Gasteiger charge is 2.31. The second-order valence-electron chi connectivity index (χ2n) is 6.70. The third kappa shape index (κ3) is 3.85. The molecule has 25 heavy (non-hydrogen) atoms. The van der Waals surface area contributed by atoms with Gasteiger partial charge in [-0.1, -0.05) is 48.0 Å². The van der Waals surface area contributed by atoms with Crippen molar-refractivity contribution >= 4 is 5.97 Å². The molecule has 0 spiro atoms. The van der Waals surface area contributed by atoms with Gasteiger partial charge < -0.3 is 9.84 Å². The molecule has 1 heterocycles. The fourth-order valence-corrected chi connectivity index (χ4v) is 3.63. The number of likely N-dealkylation sites (tertiary alicyclic amines) is 1. The molecular formula is C21H25NO3. The Morgan fingerprint density at radius 1 is 1.12 bits per heavy atom. The largest absolute Gasteiger partial charge is 0.496 e. The summed E-state index contributed by atoms with van der Waals surface area (Å²) in [6.45, 7) is 3.63. The first-order valence-electron chi connectivity index (χ1n) is 8.76. The minimum Gasteiger partial charge on any atom is -0.496 e. The maximum atomic E-state index is 11.3. The molecule has 1 N–H and O–H groups in total. The van der Waals surface area contributed by atoms with Gasteiger partial charge in [0.1, 0.15) is 5.75 Å². The van der Waals surface area contributed by atoms with E-state index in [0.717, 1.165) is 24.4 Å². The van der Waals surface area contributed by atoms with Crippen LogP contribution in [0.1, 0.15) is 35.6 Å². The first-order chi connectivity index (χ1) is 12.1. The first kappa shape index (κ1) is 17.5. The number of aryl methyl sites for hydroxylation is 1. The van der Waals surface area contributed by atoms with Crippen LogP contribution >= 0.6 is 0 Å². The summed E-state index contributed by atoms with van der Waals surface area (Å²) in [5, 5.41) is 9.27. The van der Waals surface area contributed by atoms with Gasteiger partial charge in [-0.25, -0.2) is 0 Å². The summed E-state index contributed by atoms with van der Waals surface area (Å²) < 4.78 is 5.60. The van der Waals surface area contributed by atoms with Crippen LogP contribution in [0.5, 0.6) is 5.75 Å². The van der Waals surface area contributed by atoms with Crippen molar-refractivity contribution in [1.82, 2.24) is 4.90 Å². The van der Waals surface area contributed by atoms with E-state index >= 15 is 0 Å². The minimum absolute atomic E-state index is 0.0755. The molecule has 2 aromatic carbocycles. The number of hydrogen-bond acceptors (Lipinski definition) is 3.